The Bertz CT molecular complexity index is 1090. The first kappa shape index (κ1) is 20.5. The third-order valence-corrected chi connectivity index (χ3v) is 5.96. The number of benzene rings is 1. The molecule has 1 aromatic carbocycles. The molecule has 0 saturated carbocycles. The van der Waals surface area contributed by atoms with Gasteiger partial charge in [0.05, 0.1) is 11.3 Å². The lowest BCUT2D eigenvalue weighted by Gasteiger charge is -2.16. The lowest BCUT2D eigenvalue weighted by atomic mass is 10.1. The molecule has 0 bridgehead atoms. The van der Waals surface area contributed by atoms with Gasteiger partial charge in [-0.05, 0) is 30.2 Å². The molecule has 0 saturated heterocycles. The number of aromatic nitrogens is 2. The molecule has 3 heterocycles. The van der Waals surface area contributed by atoms with E-state index in [4.69, 9.17) is 0 Å². The summed E-state index contributed by atoms with van der Waals surface area (Å²) in [4.78, 5) is 22.2. The minimum absolute atomic E-state index is 0.313. The molecule has 3 aromatic rings. The highest BCUT2D eigenvalue weighted by atomic mass is 32.1. The highest BCUT2D eigenvalue weighted by molar-refractivity contribution is 7.15. The minimum Gasteiger partial charge on any atom is -0.312 e. The zero-order chi connectivity index (χ0) is 21.3. The van der Waals surface area contributed by atoms with Crippen LogP contribution in [-0.4, -0.2) is 22.4 Å². The maximum absolute atomic E-state index is 12.9. The molecule has 0 radical (unpaired) electrons. The highest BCUT2D eigenvalue weighted by Crippen LogP contribution is 2.31. The number of halogens is 3. The summed E-state index contributed by atoms with van der Waals surface area (Å²) in [5.41, 5.74) is 2.87. The topological polar surface area (TPSA) is 66.9 Å². The molecular weight excluding hydrogens is 413 g/mol. The molecule has 2 aromatic heterocycles. The molecule has 156 valence electrons. The van der Waals surface area contributed by atoms with E-state index in [9.17, 15) is 18.0 Å². The number of nitrogens with one attached hydrogen (secondary N) is 2. The summed E-state index contributed by atoms with van der Waals surface area (Å²) in [7, 11) is 0. The van der Waals surface area contributed by atoms with Crippen molar-refractivity contribution in [3.05, 3.63) is 75.0 Å². The second-order valence-electron chi connectivity index (χ2n) is 7.09. The number of aryl methyl sites for hydroxylation is 1. The van der Waals surface area contributed by atoms with Crippen molar-refractivity contribution in [3.8, 4) is 0 Å². The first-order valence-corrected chi connectivity index (χ1v) is 10.2. The minimum atomic E-state index is -4.38. The van der Waals surface area contributed by atoms with E-state index in [1.807, 2.05) is 6.07 Å². The Kier molecular flexibility index (Phi) is 5.57. The van der Waals surface area contributed by atoms with Gasteiger partial charge in [-0.15, -0.1) is 11.3 Å². The van der Waals surface area contributed by atoms with Crippen molar-refractivity contribution in [2.75, 3.05) is 11.9 Å². The highest BCUT2D eigenvalue weighted by Gasteiger charge is 2.30. The van der Waals surface area contributed by atoms with Crippen LogP contribution < -0.4 is 10.6 Å². The standard InChI is InChI=1S/C21H19F3N4OS/c1-12-18(10-13-3-2-4-15(9-13)21(22,23)24)30-20(26-12)28-19(29)17-6-5-14-11-25-8-7-16(14)27-17/h2-6,9,25H,7-8,10-11H2,1H3,(H,26,28,29). The second-order valence-corrected chi connectivity index (χ2v) is 8.17. The quantitative estimate of drug-likeness (QED) is 0.643. The van der Waals surface area contributed by atoms with Crippen LogP contribution in [0.3, 0.4) is 0 Å². The van der Waals surface area contributed by atoms with E-state index >= 15 is 0 Å². The number of pyridine rings is 1. The van der Waals surface area contributed by atoms with E-state index in [1.54, 1.807) is 19.1 Å². The fourth-order valence-corrected chi connectivity index (χ4v) is 4.31. The number of anilines is 1. The van der Waals surface area contributed by atoms with Crippen LogP contribution >= 0.6 is 11.3 Å². The molecule has 5 nitrogen and oxygen atoms in total. The van der Waals surface area contributed by atoms with Crippen molar-refractivity contribution < 1.29 is 18.0 Å². The third-order valence-electron chi connectivity index (χ3n) is 4.89. The summed E-state index contributed by atoms with van der Waals surface area (Å²) >= 11 is 1.26. The van der Waals surface area contributed by atoms with E-state index < -0.39 is 11.7 Å². The van der Waals surface area contributed by atoms with Crippen molar-refractivity contribution in [3.63, 3.8) is 0 Å². The van der Waals surface area contributed by atoms with E-state index in [2.05, 4.69) is 20.6 Å². The van der Waals surface area contributed by atoms with Crippen molar-refractivity contribution in [1.82, 2.24) is 15.3 Å². The molecule has 9 heteroatoms. The molecule has 1 aliphatic heterocycles. The van der Waals surface area contributed by atoms with Gasteiger partial charge >= 0.3 is 6.18 Å². The van der Waals surface area contributed by atoms with Gasteiger partial charge in [-0.3, -0.25) is 10.1 Å². The zero-order valence-corrected chi connectivity index (χ0v) is 17.0. The Labute approximate surface area is 175 Å². The van der Waals surface area contributed by atoms with Crippen molar-refractivity contribution in [2.24, 2.45) is 0 Å². The Morgan fingerprint density at radius 2 is 2.07 bits per heavy atom. The Balaban J connectivity index is 1.48. The summed E-state index contributed by atoms with van der Waals surface area (Å²) in [6, 6.07) is 8.83. The molecule has 1 aliphatic rings. The number of rotatable bonds is 4. The number of carbonyl (C=O) groups excluding carboxylic acids is 1. The van der Waals surface area contributed by atoms with Gasteiger partial charge in [-0.2, -0.15) is 13.2 Å². The van der Waals surface area contributed by atoms with Crippen LogP contribution in [0.1, 0.15) is 43.4 Å². The third kappa shape index (κ3) is 4.52. The smallest absolute Gasteiger partial charge is 0.312 e. The van der Waals surface area contributed by atoms with Gasteiger partial charge in [-0.25, -0.2) is 9.97 Å². The van der Waals surface area contributed by atoms with Crippen LogP contribution in [-0.2, 0) is 25.6 Å². The molecule has 0 aliphatic carbocycles. The molecule has 0 atom stereocenters. The predicted molar refractivity (Wildman–Crippen MR) is 109 cm³/mol. The fraction of sp³-hybridized carbons (Fsp3) is 0.286. The van der Waals surface area contributed by atoms with Crippen LogP contribution in [0.25, 0.3) is 0 Å². The van der Waals surface area contributed by atoms with Gasteiger partial charge in [-0.1, -0.05) is 24.3 Å². The predicted octanol–water partition coefficient (Wildman–Crippen LogP) is 4.35. The van der Waals surface area contributed by atoms with Gasteiger partial charge in [0, 0.05) is 36.5 Å². The summed E-state index contributed by atoms with van der Waals surface area (Å²) in [6.07, 6.45) is -3.29. The van der Waals surface area contributed by atoms with Gasteiger partial charge in [0.15, 0.2) is 5.13 Å². The summed E-state index contributed by atoms with van der Waals surface area (Å²) in [5.74, 6) is -0.351. The number of hydrogen-bond donors (Lipinski definition) is 2. The molecule has 30 heavy (non-hydrogen) atoms. The van der Waals surface area contributed by atoms with E-state index in [0.717, 1.165) is 47.8 Å². The van der Waals surface area contributed by atoms with Crippen LogP contribution in [0.4, 0.5) is 18.3 Å². The fourth-order valence-electron chi connectivity index (χ4n) is 3.31. The number of nitrogens with zero attached hydrogens (tertiary/aromatic N) is 2. The van der Waals surface area contributed by atoms with Crippen molar-refractivity contribution in [1.29, 1.82) is 0 Å². The van der Waals surface area contributed by atoms with Crippen LogP contribution in [0.2, 0.25) is 0 Å². The van der Waals surface area contributed by atoms with Crippen LogP contribution in [0, 0.1) is 6.92 Å². The first-order valence-electron chi connectivity index (χ1n) is 9.43. The van der Waals surface area contributed by atoms with E-state index in [1.165, 1.54) is 17.4 Å². The number of thiazole rings is 1. The van der Waals surface area contributed by atoms with Gasteiger partial charge < -0.3 is 5.32 Å². The first-order chi connectivity index (χ1) is 14.3. The molecule has 0 fully saturated rings. The zero-order valence-electron chi connectivity index (χ0n) is 16.1. The monoisotopic (exact) mass is 432 g/mol. The Morgan fingerprint density at radius 1 is 1.23 bits per heavy atom. The van der Waals surface area contributed by atoms with Gasteiger partial charge in [0.2, 0.25) is 0 Å². The summed E-state index contributed by atoms with van der Waals surface area (Å²) in [5, 5.41) is 6.42. The number of hydrogen-bond acceptors (Lipinski definition) is 5. The van der Waals surface area contributed by atoms with Gasteiger partial charge in [0.25, 0.3) is 5.91 Å². The molecule has 0 spiro atoms. The molecular formula is C21H19F3N4OS. The lowest BCUT2D eigenvalue weighted by molar-refractivity contribution is -0.137. The maximum atomic E-state index is 12.9. The van der Waals surface area contributed by atoms with E-state index in [-0.39, 0.29) is 5.91 Å². The molecule has 2 N–H and O–H groups in total. The Morgan fingerprint density at radius 3 is 2.87 bits per heavy atom. The number of carbonyl (C=O) groups is 1. The summed E-state index contributed by atoms with van der Waals surface area (Å²) in [6.45, 7) is 3.35. The Hall–Kier alpha value is -2.78. The largest absolute Gasteiger partial charge is 0.416 e. The number of alkyl halides is 3. The maximum Gasteiger partial charge on any atom is 0.416 e. The van der Waals surface area contributed by atoms with Crippen molar-refractivity contribution >= 4 is 22.4 Å². The van der Waals surface area contributed by atoms with Gasteiger partial charge in [0.1, 0.15) is 5.69 Å². The molecule has 4 rings (SSSR count). The normalized spacial score (nSPS) is 13.7. The number of amides is 1. The average molecular weight is 432 g/mol. The van der Waals surface area contributed by atoms with E-state index in [0.29, 0.717) is 28.5 Å². The molecule has 0 unspecified atom stereocenters. The lowest BCUT2D eigenvalue weighted by Crippen LogP contribution is -2.25. The van der Waals surface area contributed by atoms with Crippen LogP contribution in [0.5, 0.6) is 0 Å². The van der Waals surface area contributed by atoms with Crippen LogP contribution in [0.15, 0.2) is 36.4 Å². The second kappa shape index (κ2) is 8.16. The summed E-state index contributed by atoms with van der Waals surface area (Å²) < 4.78 is 38.8. The average Bonchev–Trinajstić information content (AvgIpc) is 3.05. The number of fused-ring (bicyclic) bond motifs is 1. The SMILES string of the molecule is Cc1nc(NC(=O)c2ccc3c(n2)CCNC3)sc1Cc1cccc(C(F)(F)F)c1. The van der Waals surface area contributed by atoms with Crippen molar-refractivity contribution in [2.45, 2.75) is 32.5 Å². The molecule has 1 amide bonds.